The summed E-state index contributed by atoms with van der Waals surface area (Å²) < 4.78 is 48.2. The van der Waals surface area contributed by atoms with E-state index in [0.29, 0.717) is 64.2 Å². The molecule has 0 radical (unpaired) electrons. The van der Waals surface area contributed by atoms with Crippen molar-refractivity contribution in [3.63, 3.8) is 0 Å². The Balaban J connectivity index is 1.40. The van der Waals surface area contributed by atoms with Crippen molar-refractivity contribution >= 4 is 27.5 Å². The number of aliphatic hydroxyl groups excluding tert-OH is 1. The molecule has 7 nitrogen and oxygen atoms in total. The summed E-state index contributed by atoms with van der Waals surface area (Å²) in [5.41, 5.74) is 0. The van der Waals surface area contributed by atoms with Gasteiger partial charge in [-0.1, -0.05) is 0 Å². The van der Waals surface area contributed by atoms with Gasteiger partial charge in [0.05, 0.1) is 30.1 Å². The van der Waals surface area contributed by atoms with Crippen LogP contribution in [-0.2, 0) is 19.6 Å². The Morgan fingerprint density at radius 1 is 1.06 bits per heavy atom. The maximum absolute atomic E-state index is 13.6. The Morgan fingerprint density at radius 3 is 2.42 bits per heavy atom. The van der Waals surface area contributed by atoms with Crippen LogP contribution >= 0.6 is 11.6 Å². The van der Waals surface area contributed by atoms with E-state index in [4.69, 9.17) is 16.3 Å². The van der Waals surface area contributed by atoms with Crippen LogP contribution in [0.25, 0.3) is 0 Å². The van der Waals surface area contributed by atoms with Crippen LogP contribution in [0.15, 0.2) is 0 Å². The number of ether oxygens (including phenoxy) is 1. The van der Waals surface area contributed by atoms with Gasteiger partial charge in [0.2, 0.25) is 15.9 Å². The minimum Gasteiger partial charge on any atom is -0.394 e. The van der Waals surface area contributed by atoms with Gasteiger partial charge in [-0.05, 0) is 76.5 Å². The highest BCUT2D eigenvalue weighted by molar-refractivity contribution is 7.89. The predicted octanol–water partition coefficient (Wildman–Crippen LogP) is 2.88. The van der Waals surface area contributed by atoms with E-state index in [-0.39, 0.29) is 48.5 Å². The van der Waals surface area contributed by atoms with Crippen molar-refractivity contribution in [1.29, 1.82) is 0 Å². The van der Waals surface area contributed by atoms with E-state index in [0.717, 1.165) is 12.8 Å². The molecule has 3 unspecified atom stereocenters. The third-order valence-electron chi connectivity index (χ3n) is 8.05. The molecule has 3 saturated carbocycles. The molecule has 0 bridgehead atoms. The zero-order valence-electron chi connectivity index (χ0n) is 19.2. The fraction of sp³-hybridized carbons (Fsp3) is 0.957. The monoisotopic (exact) mass is 508 g/mol. The molecule has 1 aliphatic heterocycles. The molecule has 4 aliphatic rings. The Bertz CT molecular complexity index is 771. The first-order valence-electron chi connectivity index (χ1n) is 12.6. The Hall–Kier alpha value is -0.480. The number of nitrogens with one attached hydrogen (secondary N) is 1. The number of rotatable bonds is 6. The van der Waals surface area contributed by atoms with E-state index in [9.17, 15) is 22.7 Å². The number of nitrogens with zero attached hydrogens (tertiary/aromatic N) is 1. The van der Waals surface area contributed by atoms with Gasteiger partial charge < -0.3 is 15.2 Å². The molecule has 0 aromatic rings. The standard InChI is InChI=1S/C23H38ClFN2O5S/c24-16-3-8-20(9-4-16)33(30,31)27-13-19(14-28)32-22-10-7-18(12-21(22)27)26-23(29)11-15-1-5-17(25)6-2-15/h15-22,28H,1-14H2,(H,26,29)/t15?,16?,17?,18?,19-,20?,21?,22?/m0/s1. The van der Waals surface area contributed by atoms with Gasteiger partial charge in [0.15, 0.2) is 0 Å². The highest BCUT2D eigenvalue weighted by Crippen LogP contribution is 2.37. The maximum atomic E-state index is 13.6. The van der Waals surface area contributed by atoms with Crippen LogP contribution in [0.4, 0.5) is 4.39 Å². The van der Waals surface area contributed by atoms with Crippen LogP contribution in [-0.4, -0.2) is 78.0 Å². The van der Waals surface area contributed by atoms with Crippen LogP contribution in [0.2, 0.25) is 0 Å². The van der Waals surface area contributed by atoms with Crippen molar-refractivity contribution in [2.45, 2.75) is 118 Å². The van der Waals surface area contributed by atoms with E-state index in [2.05, 4.69) is 5.32 Å². The van der Waals surface area contributed by atoms with Crippen LogP contribution in [0.1, 0.15) is 77.0 Å². The predicted molar refractivity (Wildman–Crippen MR) is 124 cm³/mol. The Kier molecular flexibility index (Phi) is 8.58. The lowest BCUT2D eigenvalue weighted by Gasteiger charge is -2.48. The molecule has 4 fully saturated rings. The number of fused-ring (bicyclic) bond motifs is 1. The van der Waals surface area contributed by atoms with E-state index in [1.165, 1.54) is 0 Å². The average Bonchev–Trinajstić information content (AvgIpc) is 2.80. The number of halogens is 2. The molecule has 4 atom stereocenters. The molecule has 10 heteroatoms. The number of carbonyl (C=O) groups is 1. The first-order chi connectivity index (χ1) is 15.8. The SMILES string of the molecule is O=C(CC1CCC(F)CC1)NC1CCC2O[C@H](CO)CN(S(=O)(=O)C3CCC(Cl)CC3)C2C1. The summed E-state index contributed by atoms with van der Waals surface area (Å²) in [6, 6.07) is -0.450. The fourth-order valence-electron chi connectivity index (χ4n) is 6.12. The van der Waals surface area contributed by atoms with Gasteiger partial charge in [-0.15, -0.1) is 11.6 Å². The first-order valence-corrected chi connectivity index (χ1v) is 14.5. The minimum absolute atomic E-state index is 0.0273. The maximum Gasteiger partial charge on any atom is 0.220 e. The zero-order valence-corrected chi connectivity index (χ0v) is 20.8. The second-order valence-corrected chi connectivity index (χ2v) is 13.2. The molecule has 0 spiro atoms. The van der Waals surface area contributed by atoms with E-state index in [1.807, 2.05) is 0 Å². The molecular weight excluding hydrogens is 471 g/mol. The summed E-state index contributed by atoms with van der Waals surface area (Å²) >= 11 is 6.20. The topological polar surface area (TPSA) is 95.9 Å². The van der Waals surface area contributed by atoms with Crippen molar-refractivity contribution in [2.24, 2.45) is 5.92 Å². The third kappa shape index (κ3) is 6.21. The van der Waals surface area contributed by atoms with Crippen molar-refractivity contribution in [1.82, 2.24) is 9.62 Å². The summed E-state index contributed by atoms with van der Waals surface area (Å²) in [6.07, 6.45) is 5.78. The lowest BCUT2D eigenvalue weighted by molar-refractivity contribution is -0.132. The van der Waals surface area contributed by atoms with Gasteiger partial charge in [-0.25, -0.2) is 12.8 Å². The molecule has 3 aliphatic carbocycles. The van der Waals surface area contributed by atoms with Gasteiger partial charge in [-0.3, -0.25) is 4.79 Å². The van der Waals surface area contributed by atoms with Crippen LogP contribution in [0, 0.1) is 5.92 Å². The molecule has 0 aromatic carbocycles. The Morgan fingerprint density at radius 2 is 1.76 bits per heavy atom. The molecule has 1 amide bonds. The number of morpholine rings is 1. The first kappa shape index (κ1) is 25.6. The molecule has 1 saturated heterocycles. The van der Waals surface area contributed by atoms with Gasteiger partial charge >= 0.3 is 0 Å². The van der Waals surface area contributed by atoms with Crippen molar-refractivity contribution in [3.8, 4) is 0 Å². The van der Waals surface area contributed by atoms with E-state index >= 15 is 0 Å². The second-order valence-electron chi connectivity index (χ2n) is 10.4. The molecule has 2 N–H and O–H groups in total. The third-order valence-corrected chi connectivity index (χ3v) is 10.9. The summed E-state index contributed by atoms with van der Waals surface area (Å²) in [7, 11) is -3.57. The number of sulfonamides is 1. The highest BCUT2D eigenvalue weighted by atomic mass is 35.5. The largest absolute Gasteiger partial charge is 0.394 e. The van der Waals surface area contributed by atoms with Gasteiger partial charge in [0.1, 0.15) is 6.17 Å². The summed E-state index contributed by atoms with van der Waals surface area (Å²) in [6.45, 7) is -0.0705. The zero-order chi connectivity index (χ0) is 23.6. The number of carbonyl (C=O) groups excluding carboxylic acids is 1. The lowest BCUT2D eigenvalue weighted by Crippen LogP contribution is -2.62. The van der Waals surface area contributed by atoms with Crippen molar-refractivity contribution < 1.29 is 27.4 Å². The van der Waals surface area contributed by atoms with E-state index < -0.39 is 27.5 Å². The molecule has 1 heterocycles. The number of amides is 1. The van der Waals surface area contributed by atoms with Gasteiger partial charge in [0, 0.05) is 24.4 Å². The van der Waals surface area contributed by atoms with Crippen molar-refractivity contribution in [3.05, 3.63) is 0 Å². The summed E-state index contributed by atoms with van der Waals surface area (Å²) in [5, 5.41) is 12.4. The number of hydrogen-bond acceptors (Lipinski definition) is 5. The molecule has 4 rings (SSSR count). The normalized spacial score (nSPS) is 40.7. The van der Waals surface area contributed by atoms with Crippen LogP contribution < -0.4 is 5.32 Å². The molecular formula is C23H38ClFN2O5S. The second kappa shape index (κ2) is 11.1. The minimum atomic E-state index is -3.57. The van der Waals surface area contributed by atoms with Crippen LogP contribution in [0.3, 0.4) is 0 Å². The van der Waals surface area contributed by atoms with Gasteiger partial charge in [0.25, 0.3) is 0 Å². The summed E-state index contributed by atoms with van der Waals surface area (Å²) in [5.74, 6) is 0.200. The fourth-order valence-corrected chi connectivity index (χ4v) is 8.59. The number of alkyl halides is 2. The highest BCUT2D eigenvalue weighted by Gasteiger charge is 2.48. The molecule has 190 valence electrons. The van der Waals surface area contributed by atoms with Crippen molar-refractivity contribution in [2.75, 3.05) is 13.2 Å². The van der Waals surface area contributed by atoms with Crippen LogP contribution in [0.5, 0.6) is 0 Å². The molecule has 0 aromatic heterocycles. The number of aliphatic hydroxyl groups is 1. The average molecular weight is 509 g/mol. The summed E-state index contributed by atoms with van der Waals surface area (Å²) in [4.78, 5) is 12.7. The molecule has 33 heavy (non-hydrogen) atoms. The lowest BCUT2D eigenvalue weighted by atomic mass is 9.85. The Labute approximate surface area is 201 Å². The van der Waals surface area contributed by atoms with Gasteiger partial charge in [-0.2, -0.15) is 4.31 Å². The quantitative estimate of drug-likeness (QED) is 0.538. The smallest absolute Gasteiger partial charge is 0.220 e. The van der Waals surface area contributed by atoms with E-state index in [1.54, 1.807) is 4.31 Å². The number of hydrogen-bond donors (Lipinski definition) is 2.